The van der Waals surface area contributed by atoms with Crippen molar-refractivity contribution in [3.05, 3.63) is 23.8 Å². The molecule has 1 amide bonds. The number of rotatable bonds is 10. The van der Waals surface area contributed by atoms with Gasteiger partial charge in [-0.25, -0.2) is 0 Å². The Balaban J connectivity index is 3.26. The van der Waals surface area contributed by atoms with Crippen molar-refractivity contribution in [3.63, 3.8) is 0 Å². The Labute approximate surface area is 154 Å². The van der Waals surface area contributed by atoms with Gasteiger partial charge in [0, 0.05) is 13.1 Å². The van der Waals surface area contributed by atoms with Gasteiger partial charge in [-0.1, -0.05) is 54.0 Å². The average Bonchev–Trinajstić information content (AvgIpc) is 2.53. The van der Waals surface area contributed by atoms with E-state index in [0.29, 0.717) is 17.8 Å². The summed E-state index contributed by atoms with van der Waals surface area (Å²) in [5, 5.41) is 3.02. The lowest BCUT2D eigenvalue weighted by atomic mass is 9.95. The number of anilines is 2. The summed E-state index contributed by atoms with van der Waals surface area (Å²) in [6.45, 7) is 15.3. The lowest BCUT2D eigenvalue weighted by Gasteiger charge is -2.31. The van der Waals surface area contributed by atoms with Crippen molar-refractivity contribution in [2.75, 3.05) is 29.9 Å². The van der Waals surface area contributed by atoms with Gasteiger partial charge in [-0.15, -0.1) is 0 Å². The van der Waals surface area contributed by atoms with Crippen LogP contribution in [0.4, 0.5) is 11.4 Å². The van der Waals surface area contributed by atoms with Crippen LogP contribution in [-0.4, -0.2) is 25.5 Å². The Bertz CT molecular complexity index is 530. The third-order valence-electron chi connectivity index (χ3n) is 4.28. The molecule has 0 heterocycles. The predicted octanol–water partition coefficient (Wildman–Crippen LogP) is 4.61. The van der Waals surface area contributed by atoms with E-state index in [2.05, 4.69) is 70.0 Å². The molecule has 0 aromatic heterocycles. The Kier molecular flexibility index (Phi) is 8.98. The smallest absolute Gasteiger partial charge is 0.238 e. The van der Waals surface area contributed by atoms with Gasteiger partial charge in [-0.05, 0) is 41.9 Å². The van der Waals surface area contributed by atoms with Gasteiger partial charge in [0.2, 0.25) is 5.91 Å². The van der Waals surface area contributed by atoms with Crippen LogP contribution in [0.1, 0.15) is 65.9 Å². The molecule has 0 spiro atoms. The molecule has 0 saturated heterocycles. The van der Waals surface area contributed by atoms with Crippen molar-refractivity contribution in [3.8, 4) is 0 Å². The van der Waals surface area contributed by atoms with E-state index in [-0.39, 0.29) is 12.5 Å². The third-order valence-corrected chi connectivity index (χ3v) is 4.28. The molecule has 0 fully saturated rings. The minimum absolute atomic E-state index is 0.00252. The van der Waals surface area contributed by atoms with Crippen molar-refractivity contribution in [2.24, 2.45) is 17.6 Å². The average molecular weight is 348 g/mol. The number of carbonyl (C=O) groups is 1. The molecule has 1 atom stereocenters. The van der Waals surface area contributed by atoms with Crippen molar-refractivity contribution < 1.29 is 4.79 Å². The van der Waals surface area contributed by atoms with Crippen molar-refractivity contribution in [1.29, 1.82) is 0 Å². The highest BCUT2D eigenvalue weighted by Crippen LogP contribution is 2.32. The fourth-order valence-corrected chi connectivity index (χ4v) is 3.19. The molecule has 142 valence electrons. The lowest BCUT2D eigenvalue weighted by Crippen LogP contribution is -2.32. The summed E-state index contributed by atoms with van der Waals surface area (Å²) >= 11 is 0. The lowest BCUT2D eigenvalue weighted by molar-refractivity contribution is -0.114. The fourth-order valence-electron chi connectivity index (χ4n) is 3.19. The highest BCUT2D eigenvalue weighted by Gasteiger charge is 2.17. The summed E-state index contributed by atoms with van der Waals surface area (Å²) in [4.78, 5) is 14.3. The SMILES string of the molecule is CCCC(C)c1ccc(N(CC(C)C)CC(C)C)c(NC(=O)CN)c1. The topological polar surface area (TPSA) is 58.4 Å². The number of carbonyl (C=O) groups excluding carboxylic acids is 1. The van der Waals surface area contributed by atoms with Gasteiger partial charge in [-0.3, -0.25) is 4.79 Å². The van der Waals surface area contributed by atoms with Crippen LogP contribution >= 0.6 is 0 Å². The first-order chi connectivity index (χ1) is 11.8. The molecule has 25 heavy (non-hydrogen) atoms. The van der Waals surface area contributed by atoms with Gasteiger partial charge in [0.1, 0.15) is 0 Å². The Morgan fingerprint density at radius 1 is 1.12 bits per heavy atom. The van der Waals surface area contributed by atoms with Crippen LogP contribution in [0.5, 0.6) is 0 Å². The molecule has 3 N–H and O–H groups in total. The number of nitrogens with two attached hydrogens (primary N) is 1. The van der Waals surface area contributed by atoms with Crippen LogP contribution in [0.3, 0.4) is 0 Å². The summed E-state index contributed by atoms with van der Waals surface area (Å²) in [5.41, 5.74) is 8.78. The van der Waals surface area contributed by atoms with Crippen molar-refractivity contribution in [2.45, 2.75) is 60.3 Å². The third kappa shape index (κ3) is 7.07. The number of hydrogen-bond acceptors (Lipinski definition) is 3. The minimum atomic E-state index is -0.143. The van der Waals surface area contributed by atoms with Gasteiger partial charge in [-0.2, -0.15) is 0 Å². The standard InChI is InChI=1S/C21H37N3O/c1-7-8-17(6)18-9-10-20(19(11-18)23-21(25)12-22)24(13-15(2)3)14-16(4)5/h9-11,15-17H,7-8,12-14,22H2,1-6H3,(H,23,25). The molecule has 4 nitrogen and oxygen atoms in total. The second-order valence-electron chi connectivity index (χ2n) is 7.91. The number of nitrogens with zero attached hydrogens (tertiary/aromatic N) is 1. The van der Waals surface area contributed by atoms with E-state index in [1.54, 1.807) is 0 Å². The van der Waals surface area contributed by atoms with Gasteiger partial charge in [0.05, 0.1) is 17.9 Å². The van der Waals surface area contributed by atoms with Gasteiger partial charge in [0.15, 0.2) is 0 Å². The van der Waals surface area contributed by atoms with E-state index < -0.39 is 0 Å². The van der Waals surface area contributed by atoms with Gasteiger partial charge >= 0.3 is 0 Å². The molecule has 1 aromatic rings. The first-order valence-electron chi connectivity index (χ1n) is 9.67. The molecule has 4 heteroatoms. The Morgan fingerprint density at radius 2 is 1.72 bits per heavy atom. The number of amides is 1. The summed E-state index contributed by atoms with van der Waals surface area (Å²) in [6, 6.07) is 6.51. The molecule has 0 radical (unpaired) electrons. The maximum Gasteiger partial charge on any atom is 0.238 e. The van der Waals surface area contributed by atoms with Gasteiger partial charge in [0.25, 0.3) is 0 Å². The molecular formula is C21H37N3O. The highest BCUT2D eigenvalue weighted by atomic mass is 16.1. The van der Waals surface area contributed by atoms with Gasteiger partial charge < -0.3 is 16.0 Å². The number of hydrogen-bond donors (Lipinski definition) is 2. The number of nitrogens with one attached hydrogen (secondary N) is 1. The maximum absolute atomic E-state index is 12.0. The second-order valence-corrected chi connectivity index (χ2v) is 7.91. The highest BCUT2D eigenvalue weighted by molar-refractivity contribution is 5.95. The first-order valence-corrected chi connectivity index (χ1v) is 9.67. The first kappa shape index (κ1) is 21.5. The zero-order valence-corrected chi connectivity index (χ0v) is 16.9. The molecular weight excluding hydrogens is 310 g/mol. The van der Waals surface area contributed by atoms with E-state index >= 15 is 0 Å². The summed E-state index contributed by atoms with van der Waals surface area (Å²) in [7, 11) is 0. The summed E-state index contributed by atoms with van der Waals surface area (Å²) < 4.78 is 0. The zero-order valence-electron chi connectivity index (χ0n) is 16.9. The number of benzene rings is 1. The Hall–Kier alpha value is -1.55. The molecule has 1 aromatic carbocycles. The molecule has 0 saturated carbocycles. The Morgan fingerprint density at radius 3 is 2.20 bits per heavy atom. The molecule has 1 unspecified atom stereocenters. The maximum atomic E-state index is 12.0. The normalized spacial score (nSPS) is 12.5. The van der Waals surface area contributed by atoms with E-state index in [0.717, 1.165) is 37.3 Å². The molecule has 0 aliphatic carbocycles. The van der Waals surface area contributed by atoms with Crippen molar-refractivity contribution in [1.82, 2.24) is 0 Å². The molecule has 1 rings (SSSR count). The second kappa shape index (κ2) is 10.4. The van der Waals surface area contributed by atoms with E-state index in [1.165, 1.54) is 5.56 Å². The summed E-state index contributed by atoms with van der Waals surface area (Å²) in [6.07, 6.45) is 2.30. The van der Waals surface area contributed by atoms with Crippen molar-refractivity contribution >= 4 is 17.3 Å². The quantitative estimate of drug-likeness (QED) is 0.650. The van der Waals surface area contributed by atoms with Crippen LogP contribution in [0, 0.1) is 11.8 Å². The van der Waals surface area contributed by atoms with Crippen LogP contribution in [0.15, 0.2) is 18.2 Å². The van der Waals surface area contributed by atoms with E-state index in [4.69, 9.17) is 5.73 Å². The van der Waals surface area contributed by atoms with E-state index in [1.807, 2.05) is 0 Å². The fraction of sp³-hybridized carbons (Fsp3) is 0.667. The van der Waals surface area contributed by atoms with Crippen LogP contribution in [0.25, 0.3) is 0 Å². The van der Waals surface area contributed by atoms with Crippen LogP contribution in [0.2, 0.25) is 0 Å². The molecule has 0 aliphatic rings. The predicted molar refractivity (Wildman–Crippen MR) is 109 cm³/mol. The molecule has 0 bridgehead atoms. The minimum Gasteiger partial charge on any atom is -0.369 e. The monoisotopic (exact) mass is 347 g/mol. The largest absolute Gasteiger partial charge is 0.369 e. The van der Waals surface area contributed by atoms with Crippen LogP contribution < -0.4 is 16.0 Å². The molecule has 0 aliphatic heterocycles. The van der Waals surface area contributed by atoms with E-state index in [9.17, 15) is 4.79 Å². The van der Waals surface area contributed by atoms with Crippen LogP contribution in [-0.2, 0) is 4.79 Å². The summed E-state index contributed by atoms with van der Waals surface area (Å²) in [5.74, 6) is 1.44. The zero-order chi connectivity index (χ0) is 19.0.